The molecule has 0 heterocycles. The van der Waals surface area contributed by atoms with Gasteiger partial charge in [-0.2, -0.15) is 0 Å². The van der Waals surface area contributed by atoms with Crippen LogP contribution in [-0.4, -0.2) is 18.4 Å². The molecular formula is C10H10Br2N2O2. The average Bonchev–Trinajstić information content (AvgIpc) is 2.21. The lowest BCUT2D eigenvalue weighted by molar-refractivity contribution is -0.117. The molecule has 0 atom stereocenters. The first-order chi connectivity index (χ1) is 7.50. The predicted octanol–water partition coefficient (Wildman–Crippen LogP) is 1.82. The van der Waals surface area contributed by atoms with Crippen molar-refractivity contribution in [3.63, 3.8) is 0 Å². The first-order valence-corrected chi connectivity index (χ1v) is 6.11. The molecule has 1 rings (SSSR count). The van der Waals surface area contributed by atoms with E-state index in [1.165, 1.54) is 0 Å². The van der Waals surface area contributed by atoms with Crippen molar-refractivity contribution in [1.82, 2.24) is 5.32 Å². The number of benzene rings is 1. The van der Waals surface area contributed by atoms with Gasteiger partial charge in [0.2, 0.25) is 5.91 Å². The van der Waals surface area contributed by atoms with Gasteiger partial charge in [0.1, 0.15) is 0 Å². The fourth-order valence-corrected chi connectivity index (χ4v) is 1.85. The van der Waals surface area contributed by atoms with Gasteiger partial charge in [-0.3, -0.25) is 9.59 Å². The van der Waals surface area contributed by atoms with E-state index in [2.05, 4.69) is 37.2 Å². The monoisotopic (exact) mass is 348 g/mol. The molecule has 6 heteroatoms. The van der Waals surface area contributed by atoms with Gasteiger partial charge in [-0.1, -0.05) is 15.9 Å². The third-order valence-corrected chi connectivity index (χ3v) is 3.01. The third kappa shape index (κ3) is 3.94. The highest BCUT2D eigenvalue weighted by Crippen LogP contribution is 2.21. The molecular weight excluding hydrogens is 340 g/mol. The summed E-state index contributed by atoms with van der Waals surface area (Å²) >= 11 is 6.56. The lowest BCUT2D eigenvalue weighted by Crippen LogP contribution is -2.28. The predicted molar refractivity (Wildman–Crippen MR) is 68.0 cm³/mol. The van der Waals surface area contributed by atoms with Crippen LogP contribution in [0.25, 0.3) is 0 Å². The molecule has 0 bridgehead atoms. The summed E-state index contributed by atoms with van der Waals surface area (Å²) in [6.45, 7) is 0.243. The second-order valence-electron chi connectivity index (χ2n) is 3.10. The summed E-state index contributed by atoms with van der Waals surface area (Å²) in [4.78, 5) is 22.2. The Labute approximate surface area is 110 Å². The van der Waals surface area contributed by atoms with Gasteiger partial charge in [-0.25, -0.2) is 0 Å². The van der Waals surface area contributed by atoms with E-state index in [0.29, 0.717) is 10.0 Å². The Balaban J connectivity index is 2.65. The number of nitrogens with one attached hydrogen (secondary N) is 1. The molecule has 0 aliphatic carbocycles. The first kappa shape index (κ1) is 13.2. The van der Waals surface area contributed by atoms with Gasteiger partial charge in [0.15, 0.2) is 0 Å². The van der Waals surface area contributed by atoms with Crippen LogP contribution in [0.3, 0.4) is 0 Å². The Hall–Kier alpha value is -0.880. The normalized spacial score (nSPS) is 9.88. The molecule has 0 unspecified atom stereocenters. The van der Waals surface area contributed by atoms with Gasteiger partial charge in [-0.05, 0) is 34.1 Å². The first-order valence-electron chi connectivity index (χ1n) is 4.52. The van der Waals surface area contributed by atoms with E-state index in [4.69, 9.17) is 5.73 Å². The molecule has 0 aliphatic heterocycles. The van der Waals surface area contributed by atoms with Crippen LogP contribution in [0, 0.1) is 0 Å². The maximum atomic E-state index is 11.7. The quantitative estimate of drug-likeness (QED) is 0.870. The highest BCUT2D eigenvalue weighted by Gasteiger charge is 2.10. The summed E-state index contributed by atoms with van der Waals surface area (Å²) in [5.41, 5.74) is 5.48. The highest BCUT2D eigenvalue weighted by molar-refractivity contribution is 9.11. The Morgan fingerprint density at radius 3 is 2.62 bits per heavy atom. The van der Waals surface area contributed by atoms with Crippen LogP contribution in [0.5, 0.6) is 0 Å². The Morgan fingerprint density at radius 1 is 1.31 bits per heavy atom. The van der Waals surface area contributed by atoms with Gasteiger partial charge in [0, 0.05) is 21.9 Å². The Kier molecular flexibility index (Phi) is 4.95. The average molecular weight is 350 g/mol. The van der Waals surface area contributed by atoms with E-state index < -0.39 is 5.91 Å². The van der Waals surface area contributed by atoms with Gasteiger partial charge >= 0.3 is 0 Å². The molecule has 16 heavy (non-hydrogen) atoms. The molecule has 3 N–H and O–H groups in total. The zero-order chi connectivity index (χ0) is 12.1. The smallest absolute Gasteiger partial charge is 0.252 e. The molecule has 1 aromatic carbocycles. The van der Waals surface area contributed by atoms with E-state index in [1.54, 1.807) is 12.1 Å². The number of halogens is 2. The SMILES string of the molecule is NC(=O)CCNC(=O)c1cc(Br)ccc1Br. The van der Waals surface area contributed by atoms with E-state index >= 15 is 0 Å². The third-order valence-electron chi connectivity index (χ3n) is 1.83. The highest BCUT2D eigenvalue weighted by atomic mass is 79.9. The molecule has 0 aliphatic rings. The number of rotatable bonds is 4. The molecule has 0 spiro atoms. The van der Waals surface area contributed by atoms with Crippen molar-refractivity contribution in [2.75, 3.05) is 6.54 Å². The summed E-state index contributed by atoms with van der Waals surface area (Å²) in [6, 6.07) is 5.29. The lowest BCUT2D eigenvalue weighted by atomic mass is 10.2. The van der Waals surface area contributed by atoms with Crippen LogP contribution in [0.2, 0.25) is 0 Å². The summed E-state index contributed by atoms with van der Waals surface area (Å²) in [5, 5.41) is 2.61. The van der Waals surface area contributed by atoms with Crippen molar-refractivity contribution in [3.8, 4) is 0 Å². The van der Waals surface area contributed by atoms with Crippen LogP contribution in [0.15, 0.2) is 27.1 Å². The fraction of sp³-hybridized carbons (Fsp3) is 0.200. The van der Waals surface area contributed by atoms with Gasteiger partial charge in [-0.15, -0.1) is 0 Å². The van der Waals surface area contributed by atoms with Crippen LogP contribution in [-0.2, 0) is 4.79 Å². The number of amides is 2. The van der Waals surface area contributed by atoms with Gasteiger partial charge in [0.05, 0.1) is 5.56 Å². The van der Waals surface area contributed by atoms with E-state index in [-0.39, 0.29) is 18.9 Å². The van der Waals surface area contributed by atoms with Crippen molar-refractivity contribution in [3.05, 3.63) is 32.7 Å². The van der Waals surface area contributed by atoms with Crippen molar-refractivity contribution in [1.29, 1.82) is 0 Å². The summed E-state index contributed by atoms with van der Waals surface area (Å²) in [6.07, 6.45) is 0.136. The van der Waals surface area contributed by atoms with Crippen molar-refractivity contribution >= 4 is 43.7 Å². The molecule has 86 valence electrons. The van der Waals surface area contributed by atoms with E-state index in [1.807, 2.05) is 6.07 Å². The molecule has 0 saturated carbocycles. The van der Waals surface area contributed by atoms with Crippen LogP contribution in [0.4, 0.5) is 0 Å². The number of hydrogen-bond donors (Lipinski definition) is 2. The summed E-state index contributed by atoms with van der Waals surface area (Å²) < 4.78 is 1.52. The minimum absolute atomic E-state index is 0.136. The minimum atomic E-state index is -0.436. The van der Waals surface area contributed by atoms with E-state index in [9.17, 15) is 9.59 Å². The molecule has 0 saturated heterocycles. The Bertz CT molecular complexity index is 421. The Morgan fingerprint density at radius 2 is 2.00 bits per heavy atom. The fourth-order valence-electron chi connectivity index (χ4n) is 1.07. The number of hydrogen-bond acceptors (Lipinski definition) is 2. The molecule has 0 fully saturated rings. The lowest BCUT2D eigenvalue weighted by Gasteiger charge is -2.06. The van der Waals surface area contributed by atoms with Gasteiger partial charge in [0.25, 0.3) is 5.91 Å². The van der Waals surface area contributed by atoms with Gasteiger partial charge < -0.3 is 11.1 Å². The van der Waals surface area contributed by atoms with Crippen LogP contribution < -0.4 is 11.1 Å². The maximum Gasteiger partial charge on any atom is 0.252 e. The van der Waals surface area contributed by atoms with Crippen LogP contribution in [0.1, 0.15) is 16.8 Å². The maximum absolute atomic E-state index is 11.7. The summed E-state index contributed by atoms with van der Waals surface area (Å²) in [5.74, 6) is -0.678. The van der Waals surface area contributed by atoms with Crippen LogP contribution >= 0.6 is 31.9 Å². The number of carbonyl (C=O) groups is 2. The number of nitrogens with two attached hydrogens (primary N) is 1. The van der Waals surface area contributed by atoms with Crippen molar-refractivity contribution < 1.29 is 9.59 Å². The number of carbonyl (C=O) groups excluding carboxylic acids is 2. The number of primary amides is 1. The standard InChI is InChI=1S/C10H10Br2N2O2/c11-6-1-2-8(12)7(5-6)10(16)14-4-3-9(13)15/h1-2,5H,3-4H2,(H2,13,15)(H,14,16). The molecule has 1 aromatic rings. The molecule has 4 nitrogen and oxygen atoms in total. The van der Waals surface area contributed by atoms with Crippen molar-refractivity contribution in [2.24, 2.45) is 5.73 Å². The molecule has 0 aromatic heterocycles. The zero-order valence-corrected chi connectivity index (χ0v) is 11.5. The van der Waals surface area contributed by atoms with Crippen molar-refractivity contribution in [2.45, 2.75) is 6.42 Å². The molecule has 0 radical (unpaired) electrons. The minimum Gasteiger partial charge on any atom is -0.370 e. The second kappa shape index (κ2) is 6.00. The molecule has 2 amide bonds. The van der Waals surface area contributed by atoms with E-state index in [0.717, 1.165) is 4.47 Å². The second-order valence-corrected chi connectivity index (χ2v) is 4.87. The summed E-state index contributed by atoms with van der Waals surface area (Å²) in [7, 11) is 0. The topological polar surface area (TPSA) is 72.2 Å². The zero-order valence-electron chi connectivity index (χ0n) is 8.30. The largest absolute Gasteiger partial charge is 0.370 e.